The molecule has 3 heteroatoms. The Balaban J connectivity index is 1.87. The fourth-order valence-electron chi connectivity index (χ4n) is 3.24. The molecule has 0 aliphatic carbocycles. The third-order valence-corrected chi connectivity index (χ3v) is 4.49. The smallest absolute Gasteiger partial charge is 0.338 e. The van der Waals surface area contributed by atoms with E-state index in [1.807, 2.05) is 42.5 Å². The highest BCUT2D eigenvalue weighted by Gasteiger charge is 2.49. The minimum atomic E-state index is -0.530. The summed E-state index contributed by atoms with van der Waals surface area (Å²) < 4.78 is 10.6. The van der Waals surface area contributed by atoms with Crippen molar-refractivity contribution in [3.63, 3.8) is 0 Å². The first-order valence-corrected chi connectivity index (χ1v) is 8.26. The Labute approximate surface area is 146 Å². The van der Waals surface area contributed by atoms with Crippen LogP contribution < -0.4 is 0 Å². The van der Waals surface area contributed by atoms with Crippen LogP contribution >= 0.6 is 0 Å². The first-order chi connectivity index (χ1) is 12.3. The topological polar surface area (TPSA) is 38.8 Å². The van der Waals surface area contributed by atoms with Gasteiger partial charge in [-0.2, -0.15) is 0 Å². The fourth-order valence-corrected chi connectivity index (χ4v) is 3.24. The maximum atomic E-state index is 11.9. The third-order valence-electron chi connectivity index (χ3n) is 4.49. The van der Waals surface area contributed by atoms with Crippen LogP contribution in [0.3, 0.4) is 0 Å². The van der Waals surface area contributed by atoms with Gasteiger partial charge in [0.2, 0.25) is 0 Å². The molecule has 124 valence electrons. The predicted molar refractivity (Wildman–Crippen MR) is 96.9 cm³/mol. The van der Waals surface area contributed by atoms with Gasteiger partial charge in [-0.3, -0.25) is 0 Å². The van der Waals surface area contributed by atoms with E-state index in [-0.39, 0.29) is 12.1 Å². The lowest BCUT2D eigenvalue weighted by Gasteiger charge is -2.14. The summed E-state index contributed by atoms with van der Waals surface area (Å²) in [5.41, 5.74) is 5.41. The van der Waals surface area contributed by atoms with Crippen LogP contribution in [-0.2, 0) is 14.3 Å². The normalized spacial score (nSPS) is 18.6. The molecule has 3 nitrogen and oxygen atoms in total. The molecule has 1 aliphatic rings. The van der Waals surface area contributed by atoms with Gasteiger partial charge in [-0.15, -0.1) is 0 Å². The molecule has 25 heavy (non-hydrogen) atoms. The summed E-state index contributed by atoms with van der Waals surface area (Å²) in [5.74, 6) is -0.327. The number of esters is 1. The number of ether oxygens (including phenoxy) is 2. The molecule has 0 N–H and O–H groups in total. The number of benzene rings is 3. The van der Waals surface area contributed by atoms with Crippen molar-refractivity contribution >= 4 is 5.97 Å². The Hall–Kier alpha value is -2.91. The van der Waals surface area contributed by atoms with E-state index in [0.29, 0.717) is 0 Å². The molecular formula is C22H18O3. The first kappa shape index (κ1) is 15.6. The number of carbonyl (C=O) groups excluding carboxylic acids is 1. The first-order valence-electron chi connectivity index (χ1n) is 8.26. The quantitative estimate of drug-likeness (QED) is 0.517. The van der Waals surface area contributed by atoms with Gasteiger partial charge in [0.1, 0.15) is 6.10 Å². The van der Waals surface area contributed by atoms with Crippen molar-refractivity contribution in [1.82, 2.24) is 0 Å². The number of hydrogen-bond donors (Lipinski definition) is 0. The van der Waals surface area contributed by atoms with Crippen molar-refractivity contribution in [2.75, 3.05) is 7.11 Å². The fraction of sp³-hybridized carbons (Fsp3) is 0.136. The summed E-state index contributed by atoms with van der Waals surface area (Å²) in [6, 6.07) is 26.5. The zero-order valence-corrected chi connectivity index (χ0v) is 13.9. The zero-order valence-electron chi connectivity index (χ0n) is 13.9. The molecule has 1 fully saturated rings. The van der Waals surface area contributed by atoms with Crippen LogP contribution in [0.5, 0.6) is 0 Å². The summed E-state index contributed by atoms with van der Waals surface area (Å²) in [5, 5.41) is 0. The third kappa shape index (κ3) is 2.94. The van der Waals surface area contributed by atoms with E-state index >= 15 is 0 Å². The average molecular weight is 330 g/mol. The lowest BCUT2D eigenvalue weighted by atomic mass is 9.89. The van der Waals surface area contributed by atoms with Gasteiger partial charge in [0.05, 0.1) is 7.11 Å². The van der Waals surface area contributed by atoms with Crippen LogP contribution in [0.2, 0.25) is 0 Å². The molecule has 1 saturated heterocycles. The maximum absolute atomic E-state index is 11.9. The van der Waals surface area contributed by atoms with Crippen LogP contribution in [0, 0.1) is 0 Å². The van der Waals surface area contributed by atoms with Crippen molar-refractivity contribution in [2.45, 2.75) is 12.2 Å². The molecule has 0 bridgehead atoms. The minimum absolute atomic E-state index is 0.279. The van der Waals surface area contributed by atoms with Crippen LogP contribution in [0.1, 0.15) is 11.7 Å². The molecule has 1 heterocycles. The molecule has 2 unspecified atom stereocenters. The molecule has 4 rings (SSSR count). The number of epoxide rings is 1. The summed E-state index contributed by atoms with van der Waals surface area (Å²) in [6.45, 7) is 0. The predicted octanol–water partition coefficient (Wildman–Crippen LogP) is 4.63. The van der Waals surface area contributed by atoms with Crippen LogP contribution in [-0.4, -0.2) is 19.2 Å². The van der Waals surface area contributed by atoms with Gasteiger partial charge in [-0.1, -0.05) is 78.9 Å². The van der Waals surface area contributed by atoms with Gasteiger partial charge < -0.3 is 9.47 Å². The molecule has 0 aromatic heterocycles. The molecule has 0 radical (unpaired) electrons. The molecule has 2 atom stereocenters. The summed E-state index contributed by atoms with van der Waals surface area (Å²) in [4.78, 5) is 11.9. The Morgan fingerprint density at radius 1 is 0.800 bits per heavy atom. The lowest BCUT2D eigenvalue weighted by molar-refractivity contribution is -0.142. The number of rotatable bonds is 4. The molecule has 1 aliphatic heterocycles. The van der Waals surface area contributed by atoms with E-state index in [2.05, 4.69) is 36.4 Å². The van der Waals surface area contributed by atoms with E-state index in [9.17, 15) is 4.79 Å². The van der Waals surface area contributed by atoms with E-state index in [4.69, 9.17) is 9.47 Å². The molecule has 0 spiro atoms. The SMILES string of the molecule is COC(=O)C1OC1c1c(-c2ccccc2)cccc1-c1ccccc1. The van der Waals surface area contributed by atoms with E-state index in [1.54, 1.807) is 0 Å². The highest BCUT2D eigenvalue weighted by Crippen LogP contribution is 2.47. The second-order valence-corrected chi connectivity index (χ2v) is 6.00. The summed E-state index contributed by atoms with van der Waals surface area (Å²) >= 11 is 0. The van der Waals surface area contributed by atoms with E-state index < -0.39 is 6.10 Å². The minimum Gasteiger partial charge on any atom is -0.467 e. The summed E-state index contributed by atoms with van der Waals surface area (Å²) in [7, 11) is 1.39. The number of methoxy groups -OCH3 is 1. The molecular weight excluding hydrogens is 312 g/mol. The van der Waals surface area contributed by atoms with Crippen LogP contribution in [0.15, 0.2) is 78.9 Å². The molecule has 0 saturated carbocycles. The van der Waals surface area contributed by atoms with Gasteiger partial charge in [-0.05, 0) is 27.8 Å². The van der Waals surface area contributed by atoms with Gasteiger partial charge >= 0.3 is 5.97 Å². The monoisotopic (exact) mass is 330 g/mol. The van der Waals surface area contributed by atoms with E-state index in [1.165, 1.54) is 7.11 Å². The Morgan fingerprint density at radius 2 is 1.32 bits per heavy atom. The Bertz CT molecular complexity index is 830. The molecule has 0 amide bonds. The van der Waals surface area contributed by atoms with Crippen molar-refractivity contribution in [1.29, 1.82) is 0 Å². The number of hydrogen-bond acceptors (Lipinski definition) is 3. The Morgan fingerprint density at radius 3 is 1.80 bits per heavy atom. The number of carbonyl (C=O) groups is 1. The van der Waals surface area contributed by atoms with Crippen molar-refractivity contribution in [3.05, 3.63) is 84.4 Å². The summed E-state index contributed by atoms with van der Waals surface area (Å²) in [6.07, 6.45) is -0.809. The maximum Gasteiger partial charge on any atom is 0.338 e. The van der Waals surface area contributed by atoms with Crippen molar-refractivity contribution in [3.8, 4) is 22.3 Å². The van der Waals surface area contributed by atoms with Gasteiger partial charge in [0, 0.05) is 0 Å². The largest absolute Gasteiger partial charge is 0.467 e. The average Bonchev–Trinajstić information content (AvgIpc) is 3.49. The highest BCUT2D eigenvalue weighted by atomic mass is 16.6. The van der Waals surface area contributed by atoms with E-state index in [0.717, 1.165) is 27.8 Å². The van der Waals surface area contributed by atoms with Crippen LogP contribution in [0.25, 0.3) is 22.3 Å². The molecule has 3 aromatic carbocycles. The molecule has 3 aromatic rings. The Kier molecular flexibility index (Phi) is 4.08. The standard InChI is InChI=1S/C22H18O3/c1-24-22(23)21-20(25-21)19-17(15-9-4-2-5-10-15)13-8-14-18(19)16-11-6-3-7-12-16/h2-14,20-21H,1H3. The van der Waals surface area contributed by atoms with Gasteiger partial charge in [0.25, 0.3) is 0 Å². The van der Waals surface area contributed by atoms with Gasteiger partial charge in [0.15, 0.2) is 6.10 Å². The highest BCUT2D eigenvalue weighted by molar-refractivity contribution is 5.84. The lowest BCUT2D eigenvalue weighted by Crippen LogP contribution is -2.09. The second kappa shape index (κ2) is 6.54. The second-order valence-electron chi connectivity index (χ2n) is 6.00. The van der Waals surface area contributed by atoms with Crippen molar-refractivity contribution < 1.29 is 14.3 Å². The van der Waals surface area contributed by atoms with Crippen LogP contribution in [0.4, 0.5) is 0 Å². The zero-order chi connectivity index (χ0) is 17.2. The van der Waals surface area contributed by atoms with Gasteiger partial charge in [-0.25, -0.2) is 4.79 Å². The van der Waals surface area contributed by atoms with Crippen molar-refractivity contribution in [2.24, 2.45) is 0 Å².